The van der Waals surface area contributed by atoms with Crippen molar-refractivity contribution in [2.45, 2.75) is 26.3 Å². The predicted octanol–water partition coefficient (Wildman–Crippen LogP) is 3.63. The second-order valence-electron chi connectivity index (χ2n) is 4.24. The monoisotopic (exact) mass is 237 g/mol. The highest BCUT2D eigenvalue weighted by Gasteiger charge is 2.08. The third-order valence-corrected chi connectivity index (χ3v) is 2.88. The van der Waals surface area contributed by atoms with Crippen molar-refractivity contribution < 1.29 is 4.42 Å². The molecule has 0 aliphatic rings. The van der Waals surface area contributed by atoms with Crippen LogP contribution in [0.25, 0.3) is 11.0 Å². The van der Waals surface area contributed by atoms with Crippen LogP contribution in [0, 0.1) is 0 Å². The smallest absolute Gasteiger partial charge is 0.152 e. The summed E-state index contributed by atoms with van der Waals surface area (Å²) in [7, 11) is 0. The molecule has 0 bridgehead atoms. The second-order valence-corrected chi connectivity index (χ2v) is 4.64. The van der Waals surface area contributed by atoms with Crippen molar-refractivity contribution in [3.63, 3.8) is 0 Å². The fourth-order valence-corrected chi connectivity index (χ4v) is 1.98. The summed E-state index contributed by atoms with van der Waals surface area (Å²) in [5, 5.41) is 5.19. The number of benzene rings is 1. The first-order valence-corrected chi connectivity index (χ1v) is 5.94. The Bertz CT molecular complexity index is 476. The molecule has 0 spiro atoms. The van der Waals surface area contributed by atoms with Gasteiger partial charge in [-0.1, -0.05) is 37.6 Å². The number of para-hydroxylation sites is 1. The van der Waals surface area contributed by atoms with Crippen LogP contribution in [0.3, 0.4) is 0 Å². The summed E-state index contributed by atoms with van der Waals surface area (Å²) in [6.07, 6.45) is 2.77. The van der Waals surface area contributed by atoms with Crippen LogP contribution in [0.4, 0.5) is 0 Å². The number of furan rings is 1. The van der Waals surface area contributed by atoms with Crippen molar-refractivity contribution in [2.75, 3.05) is 6.54 Å². The van der Waals surface area contributed by atoms with Crippen LogP contribution < -0.4 is 5.32 Å². The van der Waals surface area contributed by atoms with E-state index in [0.717, 1.165) is 23.9 Å². The molecule has 1 aromatic carbocycles. The summed E-state index contributed by atoms with van der Waals surface area (Å²) in [5.41, 5.74) is 2.01. The SMILES string of the molecule is CC(C)NCCc1coc2c(Cl)cccc12. The molecule has 0 fully saturated rings. The minimum absolute atomic E-state index is 0.516. The first kappa shape index (κ1) is 11.5. The molecule has 0 radical (unpaired) electrons. The van der Waals surface area contributed by atoms with Crippen LogP contribution in [0.15, 0.2) is 28.9 Å². The van der Waals surface area contributed by atoms with Gasteiger partial charge in [0.05, 0.1) is 11.3 Å². The van der Waals surface area contributed by atoms with E-state index in [9.17, 15) is 0 Å². The zero-order valence-electron chi connectivity index (χ0n) is 9.59. The largest absolute Gasteiger partial charge is 0.462 e. The molecule has 16 heavy (non-hydrogen) atoms. The topological polar surface area (TPSA) is 25.2 Å². The first-order valence-electron chi connectivity index (χ1n) is 5.56. The third-order valence-electron chi connectivity index (χ3n) is 2.58. The number of fused-ring (bicyclic) bond motifs is 1. The van der Waals surface area contributed by atoms with Gasteiger partial charge in [-0.05, 0) is 24.6 Å². The average Bonchev–Trinajstić information content (AvgIpc) is 2.63. The maximum atomic E-state index is 6.05. The molecule has 0 amide bonds. The van der Waals surface area contributed by atoms with Gasteiger partial charge in [0.25, 0.3) is 0 Å². The molecular formula is C13H16ClNO. The lowest BCUT2D eigenvalue weighted by molar-refractivity contribution is 0.580. The number of hydrogen-bond donors (Lipinski definition) is 1. The predicted molar refractivity (Wildman–Crippen MR) is 68.1 cm³/mol. The van der Waals surface area contributed by atoms with E-state index < -0.39 is 0 Å². The van der Waals surface area contributed by atoms with Gasteiger partial charge in [-0.2, -0.15) is 0 Å². The van der Waals surface area contributed by atoms with E-state index in [2.05, 4.69) is 25.2 Å². The van der Waals surface area contributed by atoms with Crippen molar-refractivity contribution in [1.82, 2.24) is 5.32 Å². The van der Waals surface area contributed by atoms with Crippen LogP contribution in [-0.4, -0.2) is 12.6 Å². The van der Waals surface area contributed by atoms with E-state index >= 15 is 0 Å². The Hall–Kier alpha value is -0.990. The summed E-state index contributed by atoms with van der Waals surface area (Å²) < 4.78 is 5.48. The number of halogens is 1. The summed E-state index contributed by atoms with van der Waals surface area (Å²) in [6.45, 7) is 5.24. The van der Waals surface area contributed by atoms with E-state index in [1.54, 1.807) is 6.26 Å². The molecule has 0 aliphatic carbocycles. The quantitative estimate of drug-likeness (QED) is 0.879. The molecule has 86 valence electrons. The van der Waals surface area contributed by atoms with Gasteiger partial charge in [-0.25, -0.2) is 0 Å². The molecule has 2 aromatic rings. The van der Waals surface area contributed by atoms with E-state index in [1.165, 1.54) is 5.56 Å². The Morgan fingerprint density at radius 1 is 1.38 bits per heavy atom. The van der Waals surface area contributed by atoms with E-state index in [1.807, 2.05) is 12.1 Å². The molecule has 0 aliphatic heterocycles. The summed E-state index contributed by atoms with van der Waals surface area (Å²) in [4.78, 5) is 0. The fourth-order valence-electron chi connectivity index (χ4n) is 1.76. The third kappa shape index (κ3) is 2.39. The molecule has 0 saturated heterocycles. The zero-order valence-corrected chi connectivity index (χ0v) is 10.3. The van der Waals surface area contributed by atoms with Crippen molar-refractivity contribution in [3.8, 4) is 0 Å². The minimum atomic E-state index is 0.516. The second kappa shape index (κ2) is 4.89. The van der Waals surface area contributed by atoms with Gasteiger partial charge >= 0.3 is 0 Å². The molecule has 0 saturated carbocycles. The average molecular weight is 238 g/mol. The lowest BCUT2D eigenvalue weighted by Crippen LogP contribution is -2.24. The zero-order chi connectivity index (χ0) is 11.5. The highest BCUT2D eigenvalue weighted by atomic mass is 35.5. The molecule has 1 heterocycles. The minimum Gasteiger partial charge on any atom is -0.462 e. The standard InChI is InChI=1S/C13H16ClNO/c1-9(2)15-7-6-10-8-16-13-11(10)4-3-5-12(13)14/h3-5,8-9,15H,6-7H2,1-2H3. The Balaban J connectivity index is 2.16. The lowest BCUT2D eigenvalue weighted by atomic mass is 10.1. The van der Waals surface area contributed by atoms with Gasteiger partial charge in [0.2, 0.25) is 0 Å². The fraction of sp³-hybridized carbons (Fsp3) is 0.385. The molecule has 2 rings (SSSR count). The maximum Gasteiger partial charge on any atom is 0.152 e. The Kier molecular flexibility index (Phi) is 3.52. The van der Waals surface area contributed by atoms with Crippen LogP contribution in [0.2, 0.25) is 5.02 Å². The van der Waals surface area contributed by atoms with Gasteiger partial charge in [0.15, 0.2) is 5.58 Å². The molecular weight excluding hydrogens is 222 g/mol. The van der Waals surface area contributed by atoms with Crippen LogP contribution >= 0.6 is 11.6 Å². The molecule has 1 aromatic heterocycles. The number of rotatable bonds is 4. The molecule has 2 nitrogen and oxygen atoms in total. The molecule has 1 N–H and O–H groups in total. The Morgan fingerprint density at radius 3 is 2.94 bits per heavy atom. The summed E-state index contributed by atoms with van der Waals surface area (Å²) in [5.74, 6) is 0. The van der Waals surface area contributed by atoms with Gasteiger partial charge < -0.3 is 9.73 Å². The van der Waals surface area contributed by atoms with Crippen molar-refractivity contribution >= 4 is 22.6 Å². The molecule has 0 atom stereocenters. The Morgan fingerprint density at radius 2 is 2.19 bits per heavy atom. The molecule has 3 heteroatoms. The Labute approximate surface area is 101 Å². The van der Waals surface area contributed by atoms with Crippen LogP contribution in [-0.2, 0) is 6.42 Å². The van der Waals surface area contributed by atoms with Gasteiger partial charge in [-0.3, -0.25) is 0 Å². The van der Waals surface area contributed by atoms with Crippen molar-refractivity contribution in [2.24, 2.45) is 0 Å². The number of hydrogen-bond acceptors (Lipinski definition) is 2. The van der Waals surface area contributed by atoms with Crippen LogP contribution in [0.5, 0.6) is 0 Å². The summed E-state index contributed by atoms with van der Waals surface area (Å²) in [6, 6.07) is 6.38. The van der Waals surface area contributed by atoms with E-state index in [4.69, 9.17) is 16.0 Å². The van der Waals surface area contributed by atoms with Crippen molar-refractivity contribution in [1.29, 1.82) is 0 Å². The lowest BCUT2D eigenvalue weighted by Gasteiger charge is -2.06. The highest BCUT2D eigenvalue weighted by molar-refractivity contribution is 6.34. The van der Waals surface area contributed by atoms with E-state index in [0.29, 0.717) is 11.1 Å². The van der Waals surface area contributed by atoms with Gasteiger partial charge in [0, 0.05) is 11.4 Å². The van der Waals surface area contributed by atoms with Crippen molar-refractivity contribution in [3.05, 3.63) is 35.0 Å². The first-order chi connectivity index (χ1) is 7.68. The van der Waals surface area contributed by atoms with E-state index in [-0.39, 0.29) is 0 Å². The van der Waals surface area contributed by atoms with Gasteiger partial charge in [0.1, 0.15) is 0 Å². The normalized spacial score (nSPS) is 11.5. The van der Waals surface area contributed by atoms with Gasteiger partial charge in [-0.15, -0.1) is 0 Å². The summed E-state index contributed by atoms with van der Waals surface area (Å²) >= 11 is 6.05. The maximum absolute atomic E-state index is 6.05. The molecule has 0 unspecified atom stereocenters. The number of nitrogens with one attached hydrogen (secondary N) is 1. The van der Waals surface area contributed by atoms with Crippen LogP contribution in [0.1, 0.15) is 19.4 Å². The highest BCUT2D eigenvalue weighted by Crippen LogP contribution is 2.27.